The number of unbranched alkanes of at least 4 members (excludes halogenated alkanes) is 2. The maximum absolute atomic E-state index is 5.82. The molecule has 2 atom stereocenters. The van der Waals surface area contributed by atoms with E-state index in [2.05, 4.69) is 23.8 Å². The van der Waals surface area contributed by atoms with Crippen molar-refractivity contribution in [3.63, 3.8) is 0 Å². The second kappa shape index (κ2) is 9.34. The Balaban J connectivity index is 2.14. The highest BCUT2D eigenvalue weighted by Crippen LogP contribution is 2.17. The van der Waals surface area contributed by atoms with E-state index in [0.717, 1.165) is 25.9 Å². The molecule has 0 bridgehead atoms. The fourth-order valence-corrected chi connectivity index (χ4v) is 1.79. The minimum Gasteiger partial charge on any atom is -0.364 e. The van der Waals surface area contributed by atoms with Gasteiger partial charge >= 0.3 is 0 Å². The van der Waals surface area contributed by atoms with Gasteiger partial charge in [0.1, 0.15) is 0 Å². The summed E-state index contributed by atoms with van der Waals surface area (Å²) in [6.45, 7) is 6.24. The fourth-order valence-electron chi connectivity index (χ4n) is 1.79. The quantitative estimate of drug-likeness (QED) is 0.472. The zero-order valence-electron chi connectivity index (χ0n) is 11.3. The first-order valence-corrected chi connectivity index (χ1v) is 7.02. The van der Waals surface area contributed by atoms with Gasteiger partial charge in [-0.15, -0.1) is 0 Å². The van der Waals surface area contributed by atoms with Crippen LogP contribution in [-0.2, 0) is 4.74 Å². The summed E-state index contributed by atoms with van der Waals surface area (Å²) in [5.74, 6) is 0. The summed E-state index contributed by atoms with van der Waals surface area (Å²) in [6.07, 6.45) is 11.3. The molecular formula is C14H26N2O. The molecule has 98 valence electrons. The third kappa shape index (κ3) is 6.57. The molecule has 1 aliphatic rings. The van der Waals surface area contributed by atoms with Gasteiger partial charge in [-0.25, -0.2) is 0 Å². The number of ether oxygens (including phenoxy) is 1. The first kappa shape index (κ1) is 14.4. The second-order valence-electron chi connectivity index (χ2n) is 4.61. The van der Waals surface area contributed by atoms with Crippen molar-refractivity contribution in [1.29, 1.82) is 0 Å². The molecule has 0 aromatic rings. The van der Waals surface area contributed by atoms with Gasteiger partial charge in [-0.05, 0) is 25.7 Å². The van der Waals surface area contributed by atoms with Gasteiger partial charge in [0.25, 0.3) is 0 Å². The minimum atomic E-state index is 0.217. The van der Waals surface area contributed by atoms with Gasteiger partial charge in [0.2, 0.25) is 0 Å². The molecule has 1 fully saturated rings. The van der Waals surface area contributed by atoms with E-state index in [1.165, 1.54) is 25.7 Å². The Morgan fingerprint density at radius 3 is 1.82 bits per heavy atom. The minimum absolute atomic E-state index is 0.217. The summed E-state index contributed by atoms with van der Waals surface area (Å²) in [6, 6.07) is 0. The molecule has 1 saturated heterocycles. The molecular weight excluding hydrogens is 212 g/mol. The van der Waals surface area contributed by atoms with Gasteiger partial charge in [0, 0.05) is 25.5 Å². The maximum atomic E-state index is 5.82. The SMILES string of the molecule is CCCCN=C[C@@H]1CC[C@H](C=NCCCC)O1. The van der Waals surface area contributed by atoms with E-state index in [1.807, 2.05) is 12.4 Å². The molecule has 0 aliphatic carbocycles. The van der Waals surface area contributed by atoms with E-state index in [4.69, 9.17) is 4.74 Å². The van der Waals surface area contributed by atoms with E-state index < -0.39 is 0 Å². The predicted octanol–water partition coefficient (Wildman–Crippen LogP) is 3.28. The molecule has 0 unspecified atom stereocenters. The van der Waals surface area contributed by atoms with Crippen LogP contribution in [0, 0.1) is 0 Å². The molecule has 0 saturated carbocycles. The van der Waals surface area contributed by atoms with Gasteiger partial charge in [0.05, 0.1) is 12.2 Å². The number of nitrogens with zero attached hydrogens (tertiary/aromatic N) is 2. The molecule has 0 N–H and O–H groups in total. The van der Waals surface area contributed by atoms with E-state index in [0.29, 0.717) is 0 Å². The van der Waals surface area contributed by atoms with Crippen LogP contribution in [0.15, 0.2) is 9.98 Å². The molecule has 0 amide bonds. The molecule has 1 aliphatic heterocycles. The first-order chi connectivity index (χ1) is 8.36. The van der Waals surface area contributed by atoms with Crippen molar-refractivity contribution in [2.24, 2.45) is 9.98 Å². The van der Waals surface area contributed by atoms with Crippen molar-refractivity contribution >= 4 is 12.4 Å². The lowest BCUT2D eigenvalue weighted by Gasteiger charge is -2.05. The van der Waals surface area contributed by atoms with E-state index in [-0.39, 0.29) is 12.2 Å². The highest BCUT2D eigenvalue weighted by Gasteiger charge is 2.21. The molecule has 0 spiro atoms. The normalized spacial score (nSPS) is 25.3. The lowest BCUT2D eigenvalue weighted by atomic mass is 10.2. The van der Waals surface area contributed by atoms with Crippen molar-refractivity contribution in [2.45, 2.75) is 64.6 Å². The Bertz CT molecular complexity index is 214. The van der Waals surface area contributed by atoms with Gasteiger partial charge < -0.3 is 4.74 Å². The Morgan fingerprint density at radius 1 is 0.941 bits per heavy atom. The highest BCUT2D eigenvalue weighted by atomic mass is 16.5. The van der Waals surface area contributed by atoms with Crippen molar-refractivity contribution < 1.29 is 4.74 Å². The summed E-state index contributed by atoms with van der Waals surface area (Å²) in [4.78, 5) is 8.79. The standard InChI is InChI=1S/C14H26N2O/c1-3-5-9-15-11-13-7-8-14(17-13)12-16-10-6-4-2/h11-14H,3-10H2,1-2H3/t13-,14+. The molecule has 17 heavy (non-hydrogen) atoms. The monoisotopic (exact) mass is 238 g/mol. The number of aliphatic imine (C=N–C) groups is 2. The molecule has 3 heteroatoms. The van der Waals surface area contributed by atoms with E-state index in [1.54, 1.807) is 0 Å². The maximum Gasteiger partial charge on any atom is 0.0931 e. The third-order valence-electron chi connectivity index (χ3n) is 2.91. The lowest BCUT2D eigenvalue weighted by Crippen LogP contribution is -2.13. The van der Waals surface area contributed by atoms with E-state index in [9.17, 15) is 0 Å². The van der Waals surface area contributed by atoms with Crippen molar-refractivity contribution in [1.82, 2.24) is 0 Å². The van der Waals surface area contributed by atoms with E-state index >= 15 is 0 Å². The average Bonchev–Trinajstić information content (AvgIpc) is 2.78. The van der Waals surface area contributed by atoms with Crippen LogP contribution in [0.2, 0.25) is 0 Å². The van der Waals surface area contributed by atoms with Crippen LogP contribution in [0.25, 0.3) is 0 Å². The Labute approximate surface area is 105 Å². The zero-order valence-corrected chi connectivity index (χ0v) is 11.3. The average molecular weight is 238 g/mol. The van der Waals surface area contributed by atoms with Crippen LogP contribution in [-0.4, -0.2) is 37.7 Å². The molecule has 1 heterocycles. The van der Waals surface area contributed by atoms with Crippen molar-refractivity contribution in [3.05, 3.63) is 0 Å². The lowest BCUT2D eigenvalue weighted by molar-refractivity contribution is 0.129. The smallest absolute Gasteiger partial charge is 0.0931 e. The number of hydrogen-bond donors (Lipinski definition) is 0. The predicted molar refractivity (Wildman–Crippen MR) is 74.4 cm³/mol. The van der Waals surface area contributed by atoms with Crippen molar-refractivity contribution in [3.8, 4) is 0 Å². The van der Waals surface area contributed by atoms with Crippen LogP contribution in [0.5, 0.6) is 0 Å². The molecule has 0 aromatic carbocycles. The Kier molecular flexibility index (Phi) is 7.89. The molecule has 3 nitrogen and oxygen atoms in total. The summed E-state index contributed by atoms with van der Waals surface area (Å²) in [5, 5.41) is 0. The highest BCUT2D eigenvalue weighted by molar-refractivity contribution is 5.68. The van der Waals surface area contributed by atoms with Crippen LogP contribution in [0.4, 0.5) is 0 Å². The second-order valence-corrected chi connectivity index (χ2v) is 4.61. The summed E-state index contributed by atoms with van der Waals surface area (Å²) in [5.41, 5.74) is 0. The largest absolute Gasteiger partial charge is 0.364 e. The summed E-state index contributed by atoms with van der Waals surface area (Å²) >= 11 is 0. The molecule has 0 aromatic heterocycles. The van der Waals surface area contributed by atoms with Crippen LogP contribution in [0.1, 0.15) is 52.4 Å². The third-order valence-corrected chi connectivity index (χ3v) is 2.91. The van der Waals surface area contributed by atoms with Gasteiger partial charge in [-0.2, -0.15) is 0 Å². The zero-order chi connectivity index (χ0) is 12.3. The van der Waals surface area contributed by atoms with Crippen molar-refractivity contribution in [2.75, 3.05) is 13.1 Å². The Morgan fingerprint density at radius 2 is 1.41 bits per heavy atom. The first-order valence-electron chi connectivity index (χ1n) is 7.02. The molecule has 0 radical (unpaired) electrons. The van der Waals surface area contributed by atoms with Gasteiger partial charge in [-0.3, -0.25) is 9.98 Å². The fraction of sp³-hybridized carbons (Fsp3) is 0.857. The van der Waals surface area contributed by atoms with Gasteiger partial charge in [0.15, 0.2) is 0 Å². The number of hydrogen-bond acceptors (Lipinski definition) is 3. The van der Waals surface area contributed by atoms with Gasteiger partial charge in [-0.1, -0.05) is 26.7 Å². The topological polar surface area (TPSA) is 34.0 Å². The molecule has 1 rings (SSSR count). The summed E-state index contributed by atoms with van der Waals surface area (Å²) in [7, 11) is 0. The van der Waals surface area contributed by atoms with Crippen LogP contribution >= 0.6 is 0 Å². The summed E-state index contributed by atoms with van der Waals surface area (Å²) < 4.78 is 5.82. The Hall–Kier alpha value is -0.700. The van der Waals surface area contributed by atoms with Crippen LogP contribution < -0.4 is 0 Å². The number of rotatable bonds is 8. The van der Waals surface area contributed by atoms with Crippen LogP contribution in [0.3, 0.4) is 0 Å².